The first-order valence-corrected chi connectivity index (χ1v) is 8.38. The Morgan fingerprint density at radius 2 is 1.95 bits per heavy atom. The fourth-order valence-corrected chi connectivity index (χ4v) is 2.35. The maximum atomic E-state index is 11.5. The van der Waals surface area contributed by atoms with Gasteiger partial charge in [-0.15, -0.1) is 0 Å². The lowest BCUT2D eigenvalue weighted by Crippen LogP contribution is -2.14. The van der Waals surface area contributed by atoms with Crippen molar-refractivity contribution in [3.05, 3.63) is 42.1 Å². The molecule has 0 aliphatic rings. The van der Waals surface area contributed by atoms with E-state index in [2.05, 4.69) is 9.71 Å². The van der Waals surface area contributed by atoms with Gasteiger partial charge in [0.25, 0.3) is 0 Å². The number of rotatable bonds is 6. The fraction of sp³-hybridized carbons (Fsp3) is 0.267. The Morgan fingerprint density at radius 1 is 1.18 bits per heavy atom. The summed E-state index contributed by atoms with van der Waals surface area (Å²) in [5.41, 5.74) is 1.45. The van der Waals surface area contributed by atoms with Crippen LogP contribution >= 0.6 is 0 Å². The van der Waals surface area contributed by atoms with E-state index in [9.17, 15) is 8.42 Å². The highest BCUT2D eigenvalue weighted by Gasteiger charge is 2.09. The number of benzene rings is 1. The Bertz CT molecular complexity index is 743. The van der Waals surface area contributed by atoms with Crippen molar-refractivity contribution in [1.82, 2.24) is 4.98 Å². The molecule has 1 heterocycles. The van der Waals surface area contributed by atoms with Crippen molar-refractivity contribution in [2.75, 3.05) is 17.6 Å². The molecular formula is C15H18N2O4S. The first-order valence-electron chi connectivity index (χ1n) is 6.72. The number of sulfonamides is 1. The molecule has 0 saturated carbocycles. The van der Waals surface area contributed by atoms with Crippen LogP contribution in [0.2, 0.25) is 0 Å². The molecule has 1 N–H and O–H groups in total. The van der Waals surface area contributed by atoms with Gasteiger partial charge in [-0.25, -0.2) is 13.4 Å². The standard InChI is InChI=1S/C15H18N2O4S/c1-4-22(18,19)17-12-6-8-15(16-10-12)21-13-7-5-11(2)9-14(13)20-3/h5-10,17H,4H2,1-3H3. The molecule has 0 radical (unpaired) electrons. The van der Waals surface area contributed by atoms with Gasteiger partial charge in [-0.05, 0) is 37.6 Å². The molecule has 0 aliphatic carbocycles. The third-order valence-electron chi connectivity index (χ3n) is 2.92. The van der Waals surface area contributed by atoms with Gasteiger partial charge in [-0.2, -0.15) is 0 Å². The van der Waals surface area contributed by atoms with Gasteiger partial charge in [0, 0.05) is 6.07 Å². The van der Waals surface area contributed by atoms with Crippen LogP contribution in [0, 0.1) is 6.92 Å². The van der Waals surface area contributed by atoms with Crippen molar-refractivity contribution in [3.8, 4) is 17.4 Å². The lowest BCUT2D eigenvalue weighted by molar-refractivity contribution is 0.374. The minimum Gasteiger partial charge on any atom is -0.493 e. The monoisotopic (exact) mass is 322 g/mol. The number of ether oxygens (including phenoxy) is 2. The van der Waals surface area contributed by atoms with Crippen LogP contribution in [0.1, 0.15) is 12.5 Å². The summed E-state index contributed by atoms with van der Waals surface area (Å²) in [6, 6.07) is 8.74. The van der Waals surface area contributed by atoms with Crippen molar-refractivity contribution in [2.24, 2.45) is 0 Å². The van der Waals surface area contributed by atoms with E-state index in [0.717, 1.165) is 5.56 Å². The number of hydrogen-bond donors (Lipinski definition) is 1. The van der Waals surface area contributed by atoms with Gasteiger partial charge in [0.15, 0.2) is 11.5 Å². The fourth-order valence-electron chi connectivity index (χ4n) is 1.72. The lowest BCUT2D eigenvalue weighted by atomic mass is 10.2. The molecule has 0 fully saturated rings. The summed E-state index contributed by atoms with van der Waals surface area (Å²) in [4.78, 5) is 4.09. The molecule has 0 aliphatic heterocycles. The molecule has 0 atom stereocenters. The molecule has 1 aromatic heterocycles. The van der Waals surface area contributed by atoms with Crippen LogP contribution < -0.4 is 14.2 Å². The molecule has 7 heteroatoms. The minimum atomic E-state index is -3.31. The minimum absolute atomic E-state index is 0.00577. The Kier molecular flexibility index (Phi) is 4.87. The van der Waals surface area contributed by atoms with Crippen LogP contribution in [0.25, 0.3) is 0 Å². The van der Waals surface area contributed by atoms with E-state index in [4.69, 9.17) is 9.47 Å². The summed E-state index contributed by atoms with van der Waals surface area (Å²) >= 11 is 0. The normalized spacial score (nSPS) is 11.0. The van der Waals surface area contributed by atoms with Crippen LogP contribution in [-0.2, 0) is 10.0 Å². The Labute approximate surface area is 130 Å². The number of nitrogens with zero attached hydrogens (tertiary/aromatic N) is 1. The summed E-state index contributed by atoms with van der Waals surface area (Å²) in [5.74, 6) is 1.51. The molecule has 1 aromatic carbocycles. The van der Waals surface area contributed by atoms with E-state index in [1.807, 2.05) is 19.1 Å². The van der Waals surface area contributed by atoms with E-state index in [1.54, 1.807) is 32.2 Å². The van der Waals surface area contributed by atoms with E-state index < -0.39 is 10.0 Å². The van der Waals surface area contributed by atoms with Crippen molar-refractivity contribution < 1.29 is 17.9 Å². The molecule has 6 nitrogen and oxygen atoms in total. The van der Waals surface area contributed by atoms with Gasteiger partial charge >= 0.3 is 0 Å². The maximum Gasteiger partial charge on any atom is 0.232 e. The average Bonchev–Trinajstić information content (AvgIpc) is 2.50. The van der Waals surface area contributed by atoms with E-state index >= 15 is 0 Å². The Morgan fingerprint density at radius 3 is 2.55 bits per heavy atom. The number of pyridine rings is 1. The van der Waals surface area contributed by atoms with Crippen molar-refractivity contribution in [3.63, 3.8) is 0 Å². The maximum absolute atomic E-state index is 11.5. The number of anilines is 1. The van der Waals surface area contributed by atoms with E-state index in [0.29, 0.717) is 23.1 Å². The largest absolute Gasteiger partial charge is 0.493 e. The summed E-state index contributed by atoms with van der Waals surface area (Å²) in [7, 11) is -1.74. The Balaban J connectivity index is 2.15. The molecule has 0 saturated heterocycles. The first kappa shape index (κ1) is 16.1. The smallest absolute Gasteiger partial charge is 0.232 e. The number of hydrogen-bond acceptors (Lipinski definition) is 5. The zero-order valence-corrected chi connectivity index (χ0v) is 13.5. The van der Waals surface area contributed by atoms with Crippen LogP contribution in [0.4, 0.5) is 5.69 Å². The molecule has 0 unspecified atom stereocenters. The third kappa shape index (κ3) is 4.11. The van der Waals surface area contributed by atoms with Crippen LogP contribution in [-0.4, -0.2) is 26.3 Å². The zero-order valence-electron chi connectivity index (χ0n) is 12.7. The lowest BCUT2D eigenvalue weighted by Gasteiger charge is -2.11. The third-order valence-corrected chi connectivity index (χ3v) is 4.23. The van der Waals surface area contributed by atoms with Crippen LogP contribution in [0.3, 0.4) is 0 Å². The van der Waals surface area contributed by atoms with E-state index in [1.165, 1.54) is 6.20 Å². The van der Waals surface area contributed by atoms with Crippen LogP contribution in [0.15, 0.2) is 36.5 Å². The van der Waals surface area contributed by atoms with Gasteiger partial charge in [0.1, 0.15) is 0 Å². The SMILES string of the molecule is CCS(=O)(=O)Nc1ccc(Oc2ccc(C)cc2OC)nc1. The number of methoxy groups -OCH3 is 1. The topological polar surface area (TPSA) is 77.5 Å². The van der Waals surface area contributed by atoms with E-state index in [-0.39, 0.29) is 5.75 Å². The van der Waals surface area contributed by atoms with Crippen molar-refractivity contribution in [2.45, 2.75) is 13.8 Å². The molecule has 0 amide bonds. The molecule has 0 spiro atoms. The second kappa shape index (κ2) is 6.65. The average molecular weight is 322 g/mol. The highest BCUT2D eigenvalue weighted by molar-refractivity contribution is 7.92. The summed E-state index contributed by atoms with van der Waals surface area (Å²) in [5, 5.41) is 0. The molecule has 2 rings (SSSR count). The summed E-state index contributed by atoms with van der Waals surface area (Å²) in [6.07, 6.45) is 1.41. The summed E-state index contributed by atoms with van der Waals surface area (Å²) in [6.45, 7) is 3.52. The van der Waals surface area contributed by atoms with Gasteiger partial charge in [0.2, 0.25) is 15.9 Å². The molecule has 0 bridgehead atoms. The molecule has 118 valence electrons. The highest BCUT2D eigenvalue weighted by Crippen LogP contribution is 2.31. The van der Waals surface area contributed by atoms with Gasteiger partial charge in [0.05, 0.1) is 24.7 Å². The second-order valence-electron chi connectivity index (χ2n) is 4.65. The number of nitrogens with one attached hydrogen (secondary N) is 1. The van der Waals surface area contributed by atoms with Crippen molar-refractivity contribution in [1.29, 1.82) is 0 Å². The predicted octanol–water partition coefficient (Wildman–Crippen LogP) is 2.95. The molecule has 2 aromatic rings. The van der Waals surface area contributed by atoms with Gasteiger partial charge < -0.3 is 9.47 Å². The first-order chi connectivity index (χ1) is 10.4. The Hall–Kier alpha value is -2.28. The van der Waals surface area contributed by atoms with Crippen molar-refractivity contribution >= 4 is 15.7 Å². The number of aryl methyl sites for hydroxylation is 1. The molecular weight excluding hydrogens is 304 g/mol. The molecule has 22 heavy (non-hydrogen) atoms. The summed E-state index contributed by atoms with van der Waals surface area (Å²) < 4.78 is 36.3. The van der Waals surface area contributed by atoms with Gasteiger partial charge in [-0.1, -0.05) is 6.07 Å². The number of aromatic nitrogens is 1. The van der Waals surface area contributed by atoms with Gasteiger partial charge in [-0.3, -0.25) is 4.72 Å². The quantitative estimate of drug-likeness (QED) is 0.884. The highest BCUT2D eigenvalue weighted by atomic mass is 32.2. The zero-order chi connectivity index (χ0) is 16.2. The second-order valence-corrected chi connectivity index (χ2v) is 6.66. The van der Waals surface area contributed by atoms with Crippen LogP contribution in [0.5, 0.6) is 17.4 Å². The predicted molar refractivity (Wildman–Crippen MR) is 85.1 cm³/mol.